The molecule has 1 aromatic rings. The lowest BCUT2D eigenvalue weighted by molar-refractivity contribution is 0.0680. The number of carbonyl (C=O) groups is 1. The fraction of sp³-hybridized carbons (Fsp3) is 0.417. The molecule has 0 aliphatic heterocycles. The molecule has 0 radical (unpaired) electrons. The van der Waals surface area contributed by atoms with E-state index in [1.807, 2.05) is 6.92 Å². The molecule has 0 aliphatic carbocycles. The number of methoxy groups -OCH3 is 1. The van der Waals surface area contributed by atoms with Crippen LogP contribution in [0.25, 0.3) is 0 Å². The van der Waals surface area contributed by atoms with E-state index in [9.17, 15) is 9.90 Å². The summed E-state index contributed by atoms with van der Waals surface area (Å²) in [5.41, 5.74) is 0.0210. The summed E-state index contributed by atoms with van der Waals surface area (Å²) in [5, 5.41) is 18.4. The number of carboxylic acids is 1. The summed E-state index contributed by atoms with van der Waals surface area (Å²) in [6, 6.07) is 4.62. The second kappa shape index (κ2) is 6.10. The van der Waals surface area contributed by atoms with Crippen LogP contribution in [0.5, 0.6) is 11.5 Å². The fourth-order valence-electron chi connectivity index (χ4n) is 1.29. The summed E-state index contributed by atoms with van der Waals surface area (Å²) in [6.07, 6.45) is -0.0843. The molecule has 1 aromatic carbocycles. The first-order valence-corrected chi connectivity index (χ1v) is 5.31. The van der Waals surface area contributed by atoms with Crippen molar-refractivity contribution >= 4 is 5.97 Å². The van der Waals surface area contributed by atoms with Crippen LogP contribution in [0.3, 0.4) is 0 Å². The van der Waals surface area contributed by atoms with Crippen LogP contribution in [0.4, 0.5) is 0 Å². The van der Waals surface area contributed by atoms with Crippen molar-refractivity contribution in [2.75, 3.05) is 13.7 Å². The van der Waals surface area contributed by atoms with Crippen LogP contribution in [-0.4, -0.2) is 36.0 Å². The lowest BCUT2D eigenvalue weighted by Gasteiger charge is -2.15. The number of hydrogen-bond donors (Lipinski definition) is 2. The van der Waals surface area contributed by atoms with Crippen molar-refractivity contribution in [3.63, 3.8) is 0 Å². The van der Waals surface area contributed by atoms with Gasteiger partial charge in [0.05, 0.1) is 13.2 Å². The van der Waals surface area contributed by atoms with Crippen LogP contribution < -0.4 is 9.47 Å². The Morgan fingerprint density at radius 1 is 1.47 bits per heavy atom. The van der Waals surface area contributed by atoms with Crippen LogP contribution in [0, 0.1) is 0 Å². The molecule has 0 bridgehead atoms. The summed E-state index contributed by atoms with van der Waals surface area (Å²) in [5.74, 6) is -0.604. The third-order valence-corrected chi connectivity index (χ3v) is 2.32. The van der Waals surface area contributed by atoms with Gasteiger partial charge in [0, 0.05) is 0 Å². The summed E-state index contributed by atoms with van der Waals surface area (Å²) >= 11 is 0. The average Bonchev–Trinajstić information content (AvgIpc) is 2.35. The molecule has 0 saturated carbocycles. The number of hydrogen-bond acceptors (Lipinski definition) is 4. The van der Waals surface area contributed by atoms with E-state index < -0.39 is 12.1 Å². The van der Waals surface area contributed by atoms with Gasteiger partial charge in [-0.15, -0.1) is 0 Å². The number of aliphatic hydroxyl groups is 1. The molecular formula is C12H16O5. The van der Waals surface area contributed by atoms with Gasteiger partial charge in [-0.05, 0) is 18.6 Å². The van der Waals surface area contributed by atoms with Crippen molar-refractivity contribution in [3.05, 3.63) is 23.8 Å². The van der Waals surface area contributed by atoms with Gasteiger partial charge in [0.1, 0.15) is 12.2 Å². The highest BCUT2D eigenvalue weighted by Gasteiger charge is 2.17. The zero-order valence-corrected chi connectivity index (χ0v) is 9.84. The first kappa shape index (κ1) is 13.3. The molecule has 0 aromatic heterocycles. The van der Waals surface area contributed by atoms with E-state index in [4.69, 9.17) is 14.6 Å². The highest BCUT2D eigenvalue weighted by molar-refractivity contribution is 5.92. The van der Waals surface area contributed by atoms with Gasteiger partial charge in [-0.25, -0.2) is 4.79 Å². The SMILES string of the molecule is CCC(O)COc1c(OC)cccc1C(=O)O. The first-order chi connectivity index (χ1) is 8.10. The number of aliphatic hydroxyl groups excluding tert-OH is 1. The van der Waals surface area contributed by atoms with Crippen LogP contribution >= 0.6 is 0 Å². The van der Waals surface area contributed by atoms with Gasteiger partial charge < -0.3 is 19.7 Å². The predicted molar refractivity (Wildman–Crippen MR) is 61.7 cm³/mol. The molecule has 17 heavy (non-hydrogen) atoms. The second-order valence-corrected chi connectivity index (χ2v) is 3.52. The Hall–Kier alpha value is -1.75. The van der Waals surface area contributed by atoms with Crippen molar-refractivity contribution in [2.45, 2.75) is 19.4 Å². The number of carboxylic acid groups (broad SMARTS) is 1. The smallest absolute Gasteiger partial charge is 0.339 e. The molecule has 0 saturated heterocycles. The monoisotopic (exact) mass is 240 g/mol. The quantitative estimate of drug-likeness (QED) is 0.788. The molecule has 2 N–H and O–H groups in total. The van der Waals surface area contributed by atoms with Crippen LogP contribution in [0.15, 0.2) is 18.2 Å². The maximum absolute atomic E-state index is 11.0. The molecule has 0 fully saturated rings. The van der Waals surface area contributed by atoms with Crippen molar-refractivity contribution < 1.29 is 24.5 Å². The van der Waals surface area contributed by atoms with E-state index in [1.165, 1.54) is 13.2 Å². The number of aromatic carboxylic acids is 1. The zero-order chi connectivity index (χ0) is 12.8. The Kier molecular flexibility index (Phi) is 4.78. The standard InChI is InChI=1S/C12H16O5/c1-3-8(13)7-17-11-9(12(14)15)5-4-6-10(11)16-2/h4-6,8,13H,3,7H2,1-2H3,(H,14,15). The maximum Gasteiger partial charge on any atom is 0.339 e. The van der Waals surface area contributed by atoms with Crippen LogP contribution in [0.2, 0.25) is 0 Å². The third kappa shape index (κ3) is 3.35. The van der Waals surface area contributed by atoms with Gasteiger partial charge in [0.15, 0.2) is 11.5 Å². The zero-order valence-electron chi connectivity index (χ0n) is 9.84. The summed E-state index contributed by atoms with van der Waals surface area (Å²) in [7, 11) is 1.43. The van der Waals surface area contributed by atoms with Crippen molar-refractivity contribution in [3.8, 4) is 11.5 Å². The van der Waals surface area contributed by atoms with Crippen molar-refractivity contribution in [1.82, 2.24) is 0 Å². The number of ether oxygens (including phenoxy) is 2. The van der Waals surface area contributed by atoms with Gasteiger partial charge in [0.2, 0.25) is 0 Å². The van der Waals surface area contributed by atoms with Gasteiger partial charge >= 0.3 is 5.97 Å². The largest absolute Gasteiger partial charge is 0.493 e. The van der Waals surface area contributed by atoms with E-state index in [0.29, 0.717) is 12.2 Å². The Morgan fingerprint density at radius 2 is 2.18 bits per heavy atom. The Balaban J connectivity index is 2.97. The third-order valence-electron chi connectivity index (χ3n) is 2.32. The van der Waals surface area contributed by atoms with Gasteiger partial charge in [0.25, 0.3) is 0 Å². The maximum atomic E-state index is 11.0. The molecular weight excluding hydrogens is 224 g/mol. The normalized spacial score (nSPS) is 11.9. The number of rotatable bonds is 6. The molecule has 1 atom stereocenters. The molecule has 0 spiro atoms. The number of benzene rings is 1. The Morgan fingerprint density at radius 3 is 2.71 bits per heavy atom. The summed E-state index contributed by atoms with van der Waals surface area (Å²) in [6.45, 7) is 1.85. The molecule has 5 nitrogen and oxygen atoms in total. The minimum atomic E-state index is -1.09. The molecule has 94 valence electrons. The topological polar surface area (TPSA) is 76.0 Å². The minimum absolute atomic E-state index is 0.0210. The number of para-hydroxylation sites is 1. The Labute approximate surface area is 99.6 Å². The van der Waals surface area contributed by atoms with E-state index >= 15 is 0 Å². The average molecular weight is 240 g/mol. The molecule has 0 aliphatic rings. The lowest BCUT2D eigenvalue weighted by Crippen LogP contribution is -2.17. The molecule has 0 heterocycles. The highest BCUT2D eigenvalue weighted by Crippen LogP contribution is 2.31. The predicted octanol–water partition coefficient (Wildman–Crippen LogP) is 1.54. The second-order valence-electron chi connectivity index (χ2n) is 3.52. The Bertz CT molecular complexity index is 388. The van der Waals surface area contributed by atoms with E-state index in [1.54, 1.807) is 12.1 Å². The highest BCUT2D eigenvalue weighted by atomic mass is 16.5. The summed E-state index contributed by atoms with van der Waals surface area (Å²) in [4.78, 5) is 11.0. The van der Waals surface area contributed by atoms with E-state index in [2.05, 4.69) is 0 Å². The van der Waals surface area contributed by atoms with Crippen molar-refractivity contribution in [1.29, 1.82) is 0 Å². The summed E-state index contributed by atoms with van der Waals surface area (Å²) < 4.78 is 10.3. The first-order valence-electron chi connectivity index (χ1n) is 5.31. The van der Waals surface area contributed by atoms with Gasteiger partial charge in [-0.3, -0.25) is 0 Å². The fourth-order valence-corrected chi connectivity index (χ4v) is 1.29. The van der Waals surface area contributed by atoms with Gasteiger partial charge in [-0.1, -0.05) is 13.0 Å². The van der Waals surface area contributed by atoms with Crippen molar-refractivity contribution in [2.24, 2.45) is 0 Å². The molecule has 1 rings (SSSR count). The van der Waals surface area contributed by atoms with E-state index in [0.717, 1.165) is 0 Å². The van der Waals surface area contributed by atoms with Gasteiger partial charge in [-0.2, -0.15) is 0 Å². The lowest BCUT2D eigenvalue weighted by atomic mass is 10.2. The molecule has 5 heteroatoms. The minimum Gasteiger partial charge on any atom is -0.493 e. The van der Waals surface area contributed by atoms with Crippen LogP contribution in [0.1, 0.15) is 23.7 Å². The molecule has 1 unspecified atom stereocenters. The van der Waals surface area contributed by atoms with Crippen LogP contribution in [-0.2, 0) is 0 Å². The molecule has 0 amide bonds. The van der Waals surface area contributed by atoms with E-state index in [-0.39, 0.29) is 17.9 Å².